The minimum atomic E-state index is -1.82. The Morgan fingerprint density at radius 2 is 1.44 bits per heavy atom. The maximum atomic E-state index is 12.5. The van der Waals surface area contributed by atoms with Crippen LogP contribution < -0.4 is 4.74 Å². The SMILES string of the molecule is O=C(COc1ccc(Br)cc1)N1CCN(Cc2cccc3ccccc23)CC1.O=C(O)C(=O)O. The molecule has 3 aromatic carbocycles. The fourth-order valence-corrected chi connectivity index (χ4v) is 3.86. The molecular formula is C25H25BrN2O6. The molecule has 1 aliphatic rings. The predicted molar refractivity (Wildman–Crippen MR) is 131 cm³/mol. The van der Waals surface area contributed by atoms with Gasteiger partial charge in [0, 0.05) is 37.2 Å². The van der Waals surface area contributed by atoms with E-state index in [4.69, 9.17) is 24.5 Å². The van der Waals surface area contributed by atoms with Crippen molar-refractivity contribution in [2.24, 2.45) is 0 Å². The van der Waals surface area contributed by atoms with Gasteiger partial charge in [-0.15, -0.1) is 0 Å². The molecule has 9 heteroatoms. The number of aliphatic carboxylic acids is 2. The van der Waals surface area contributed by atoms with Gasteiger partial charge in [0.05, 0.1) is 0 Å². The number of amides is 1. The van der Waals surface area contributed by atoms with Crippen LogP contribution in [0.5, 0.6) is 5.75 Å². The smallest absolute Gasteiger partial charge is 0.414 e. The maximum absolute atomic E-state index is 12.5. The van der Waals surface area contributed by atoms with E-state index in [1.54, 1.807) is 0 Å². The van der Waals surface area contributed by atoms with Crippen LogP contribution in [-0.2, 0) is 20.9 Å². The molecular weight excluding hydrogens is 504 g/mol. The molecule has 0 aliphatic carbocycles. The van der Waals surface area contributed by atoms with Gasteiger partial charge in [-0.1, -0.05) is 58.4 Å². The molecule has 0 spiro atoms. The highest BCUT2D eigenvalue weighted by Crippen LogP contribution is 2.21. The first-order valence-electron chi connectivity index (χ1n) is 10.6. The average molecular weight is 529 g/mol. The molecule has 0 radical (unpaired) electrons. The summed E-state index contributed by atoms with van der Waals surface area (Å²) in [5, 5.41) is 17.4. The van der Waals surface area contributed by atoms with E-state index in [1.807, 2.05) is 29.2 Å². The summed E-state index contributed by atoms with van der Waals surface area (Å²) >= 11 is 3.40. The van der Waals surface area contributed by atoms with E-state index < -0.39 is 11.9 Å². The third-order valence-electron chi connectivity index (χ3n) is 5.36. The normalized spacial score (nSPS) is 13.6. The van der Waals surface area contributed by atoms with Crippen LogP contribution in [0.2, 0.25) is 0 Å². The number of hydrogen-bond donors (Lipinski definition) is 2. The second kappa shape index (κ2) is 12.2. The molecule has 2 N–H and O–H groups in total. The molecule has 1 amide bonds. The zero-order chi connectivity index (χ0) is 24.5. The Bertz CT molecular complexity index is 1130. The molecule has 1 aliphatic heterocycles. The molecule has 0 saturated carbocycles. The van der Waals surface area contributed by atoms with Gasteiger partial charge >= 0.3 is 11.9 Å². The second-order valence-electron chi connectivity index (χ2n) is 7.65. The molecule has 8 nitrogen and oxygen atoms in total. The Morgan fingerprint density at radius 3 is 2.09 bits per heavy atom. The third-order valence-corrected chi connectivity index (χ3v) is 5.89. The topological polar surface area (TPSA) is 107 Å². The molecule has 1 heterocycles. The number of rotatable bonds is 5. The van der Waals surface area contributed by atoms with Crippen molar-refractivity contribution in [2.45, 2.75) is 6.54 Å². The van der Waals surface area contributed by atoms with Crippen molar-refractivity contribution < 1.29 is 29.3 Å². The zero-order valence-corrected chi connectivity index (χ0v) is 20.0. The van der Waals surface area contributed by atoms with E-state index in [2.05, 4.69) is 63.3 Å². The Hall–Kier alpha value is -3.43. The van der Waals surface area contributed by atoms with Gasteiger partial charge in [-0.2, -0.15) is 0 Å². The molecule has 1 saturated heterocycles. The van der Waals surface area contributed by atoms with Crippen LogP contribution in [0, 0.1) is 0 Å². The summed E-state index contributed by atoms with van der Waals surface area (Å²) in [5.41, 5.74) is 1.34. The van der Waals surface area contributed by atoms with E-state index in [0.717, 1.165) is 37.2 Å². The van der Waals surface area contributed by atoms with Gasteiger partial charge in [-0.3, -0.25) is 9.69 Å². The van der Waals surface area contributed by atoms with E-state index >= 15 is 0 Å². The standard InChI is InChI=1S/C23H23BrN2O2.C2H2O4/c24-20-8-10-21(11-9-20)28-17-23(27)26-14-12-25(13-15-26)16-19-6-3-5-18-4-1-2-7-22(18)19;3-1(4)2(5)6/h1-11H,12-17H2;(H,3,4)(H,5,6). The van der Waals surface area contributed by atoms with Gasteiger partial charge in [0.1, 0.15) is 5.75 Å². The maximum Gasteiger partial charge on any atom is 0.414 e. The Labute approximate surface area is 205 Å². The minimum Gasteiger partial charge on any atom is -0.484 e. The van der Waals surface area contributed by atoms with Crippen LogP contribution in [-0.4, -0.2) is 70.6 Å². The summed E-state index contributed by atoms with van der Waals surface area (Å²) in [6.45, 7) is 4.25. The number of piperazine rings is 1. The molecule has 0 unspecified atom stereocenters. The number of carbonyl (C=O) groups is 3. The van der Waals surface area contributed by atoms with Crippen LogP contribution in [0.4, 0.5) is 0 Å². The lowest BCUT2D eigenvalue weighted by atomic mass is 10.0. The van der Waals surface area contributed by atoms with Crippen LogP contribution in [0.3, 0.4) is 0 Å². The summed E-state index contributed by atoms with van der Waals surface area (Å²) in [4.78, 5) is 35.0. The molecule has 34 heavy (non-hydrogen) atoms. The molecule has 4 rings (SSSR count). The molecule has 0 atom stereocenters. The highest BCUT2D eigenvalue weighted by molar-refractivity contribution is 9.10. The largest absolute Gasteiger partial charge is 0.484 e. The summed E-state index contributed by atoms with van der Waals surface area (Å²) < 4.78 is 6.62. The van der Waals surface area contributed by atoms with Crippen LogP contribution in [0.15, 0.2) is 71.2 Å². The van der Waals surface area contributed by atoms with Crippen molar-refractivity contribution >= 4 is 44.5 Å². The Morgan fingerprint density at radius 1 is 0.824 bits per heavy atom. The lowest BCUT2D eigenvalue weighted by molar-refractivity contribution is -0.159. The Kier molecular flexibility index (Phi) is 9.00. The van der Waals surface area contributed by atoms with Gasteiger partial charge in [0.25, 0.3) is 5.91 Å². The van der Waals surface area contributed by atoms with Crippen molar-refractivity contribution in [3.8, 4) is 5.75 Å². The minimum absolute atomic E-state index is 0.0488. The van der Waals surface area contributed by atoms with Crippen molar-refractivity contribution in [3.63, 3.8) is 0 Å². The highest BCUT2D eigenvalue weighted by atomic mass is 79.9. The predicted octanol–water partition coefficient (Wildman–Crippen LogP) is 3.48. The molecule has 0 aromatic heterocycles. The Balaban J connectivity index is 0.000000481. The first-order chi connectivity index (χ1) is 16.3. The quantitative estimate of drug-likeness (QED) is 0.488. The molecule has 3 aromatic rings. The van der Waals surface area contributed by atoms with Gasteiger partial charge in [0.2, 0.25) is 0 Å². The van der Waals surface area contributed by atoms with Gasteiger partial charge in [-0.05, 0) is 40.6 Å². The van der Waals surface area contributed by atoms with Crippen LogP contribution in [0.25, 0.3) is 10.8 Å². The number of fused-ring (bicyclic) bond motifs is 1. The summed E-state index contributed by atoms with van der Waals surface area (Å²) in [6, 6.07) is 22.5. The van der Waals surface area contributed by atoms with Crippen LogP contribution in [0.1, 0.15) is 5.56 Å². The second-order valence-corrected chi connectivity index (χ2v) is 8.56. The summed E-state index contributed by atoms with van der Waals surface area (Å²) in [5.74, 6) is -2.89. The summed E-state index contributed by atoms with van der Waals surface area (Å²) in [7, 11) is 0. The number of halogens is 1. The number of carboxylic acids is 2. The number of carbonyl (C=O) groups excluding carboxylic acids is 1. The number of nitrogens with zero attached hydrogens (tertiary/aromatic N) is 2. The number of benzene rings is 3. The molecule has 178 valence electrons. The van der Waals surface area contributed by atoms with E-state index in [9.17, 15) is 4.79 Å². The molecule has 0 bridgehead atoms. The lowest BCUT2D eigenvalue weighted by Gasteiger charge is -2.34. The van der Waals surface area contributed by atoms with E-state index in [-0.39, 0.29) is 12.5 Å². The first-order valence-corrected chi connectivity index (χ1v) is 11.4. The van der Waals surface area contributed by atoms with Crippen molar-refractivity contribution in [2.75, 3.05) is 32.8 Å². The number of ether oxygens (including phenoxy) is 1. The van der Waals surface area contributed by atoms with Crippen molar-refractivity contribution in [1.82, 2.24) is 9.80 Å². The third kappa shape index (κ3) is 7.29. The summed E-state index contributed by atoms with van der Waals surface area (Å²) in [6.07, 6.45) is 0. The molecule has 1 fully saturated rings. The van der Waals surface area contributed by atoms with E-state index in [0.29, 0.717) is 5.75 Å². The van der Waals surface area contributed by atoms with E-state index in [1.165, 1.54) is 16.3 Å². The van der Waals surface area contributed by atoms with Crippen LogP contribution >= 0.6 is 15.9 Å². The van der Waals surface area contributed by atoms with Crippen molar-refractivity contribution in [1.29, 1.82) is 0 Å². The van der Waals surface area contributed by atoms with Gasteiger partial charge in [-0.25, -0.2) is 9.59 Å². The highest BCUT2D eigenvalue weighted by Gasteiger charge is 2.21. The monoisotopic (exact) mass is 528 g/mol. The number of carboxylic acid groups (broad SMARTS) is 2. The van der Waals surface area contributed by atoms with Crippen molar-refractivity contribution in [3.05, 3.63) is 76.8 Å². The average Bonchev–Trinajstić information content (AvgIpc) is 2.84. The van der Waals surface area contributed by atoms with Gasteiger partial charge in [0.15, 0.2) is 6.61 Å². The fourth-order valence-electron chi connectivity index (χ4n) is 3.59. The zero-order valence-electron chi connectivity index (χ0n) is 18.4. The fraction of sp³-hybridized carbons (Fsp3) is 0.240. The lowest BCUT2D eigenvalue weighted by Crippen LogP contribution is -2.49. The first kappa shape index (κ1) is 25.2. The number of hydrogen-bond acceptors (Lipinski definition) is 5. The van der Waals surface area contributed by atoms with Gasteiger partial charge < -0.3 is 19.8 Å².